The van der Waals surface area contributed by atoms with E-state index in [-0.39, 0.29) is 5.41 Å². The first-order valence-electron chi connectivity index (χ1n) is 17.7. The molecule has 3 unspecified atom stereocenters. The van der Waals surface area contributed by atoms with Gasteiger partial charge in [-0.2, -0.15) is 0 Å². The third-order valence-electron chi connectivity index (χ3n) is 13.7. The van der Waals surface area contributed by atoms with Gasteiger partial charge in [0.05, 0.1) is 0 Å². The van der Waals surface area contributed by atoms with Crippen LogP contribution in [-0.2, 0) is 0 Å². The van der Waals surface area contributed by atoms with E-state index < -0.39 is 0 Å². The molecule has 0 spiro atoms. The average molecular weight is 561 g/mol. The summed E-state index contributed by atoms with van der Waals surface area (Å²) in [5.41, 5.74) is 11.9. The van der Waals surface area contributed by atoms with Crippen molar-refractivity contribution in [1.29, 1.82) is 0 Å². The molecule has 5 atom stereocenters. The summed E-state index contributed by atoms with van der Waals surface area (Å²) in [6, 6.07) is 0. The fraction of sp³-hybridized carbons (Fsp3) is 0.800. The predicted molar refractivity (Wildman–Crippen MR) is 177 cm³/mol. The van der Waals surface area contributed by atoms with E-state index in [1.807, 2.05) is 5.57 Å². The fourth-order valence-electron chi connectivity index (χ4n) is 11.3. The largest absolute Gasteiger partial charge is 0.396 e. The standard InChI is InChI=1S/C20H32O.C20H32/c1-14(2)15-6-8-17-16(12-15)7-9-18-19(3,13-21)10-5-11-20(17,18)4;1-14(2)15-7-9-17-16(13-15)8-10-18-19(3,4)11-6-12-20(17,18)5/h12,14,18,21H,5-11,13H2,1-4H3;13-14,18H,6-12H2,1-5H3/t18?,19?,20-;18?,20-/m11/s1. The molecule has 230 valence electrons. The molecule has 0 heterocycles. The van der Waals surface area contributed by atoms with Gasteiger partial charge in [-0.05, 0) is 134 Å². The summed E-state index contributed by atoms with van der Waals surface area (Å²) in [4.78, 5) is 0. The van der Waals surface area contributed by atoms with Crippen LogP contribution in [0.5, 0.6) is 0 Å². The lowest BCUT2D eigenvalue weighted by atomic mass is 9.49. The molecule has 2 saturated carbocycles. The highest BCUT2D eigenvalue weighted by Crippen LogP contribution is 2.62. The van der Waals surface area contributed by atoms with Crippen LogP contribution < -0.4 is 0 Å². The van der Waals surface area contributed by atoms with Gasteiger partial charge in [-0.15, -0.1) is 0 Å². The lowest BCUT2D eigenvalue weighted by molar-refractivity contribution is -0.0387. The van der Waals surface area contributed by atoms with Gasteiger partial charge in [0, 0.05) is 6.61 Å². The van der Waals surface area contributed by atoms with E-state index in [1.54, 1.807) is 27.9 Å². The molecule has 1 nitrogen and oxygen atoms in total. The van der Waals surface area contributed by atoms with Gasteiger partial charge in [-0.1, -0.05) is 110 Å². The second-order valence-corrected chi connectivity index (χ2v) is 17.3. The smallest absolute Gasteiger partial charge is 0.0487 e. The quantitative estimate of drug-likeness (QED) is 0.364. The van der Waals surface area contributed by atoms with Gasteiger partial charge in [0.25, 0.3) is 0 Å². The fourth-order valence-corrected chi connectivity index (χ4v) is 11.3. The van der Waals surface area contributed by atoms with Gasteiger partial charge in [-0.3, -0.25) is 0 Å². The first-order valence-corrected chi connectivity index (χ1v) is 17.7. The van der Waals surface area contributed by atoms with Crippen molar-refractivity contribution in [2.75, 3.05) is 6.61 Å². The number of allylic oxidation sites excluding steroid dienone is 8. The normalized spacial score (nSPS) is 38.2. The predicted octanol–water partition coefficient (Wildman–Crippen LogP) is 11.5. The van der Waals surface area contributed by atoms with E-state index in [0.717, 1.165) is 11.8 Å². The summed E-state index contributed by atoms with van der Waals surface area (Å²) in [6.07, 6.45) is 23.7. The van der Waals surface area contributed by atoms with Crippen molar-refractivity contribution in [2.45, 2.75) is 152 Å². The van der Waals surface area contributed by atoms with Crippen molar-refractivity contribution in [3.05, 3.63) is 45.6 Å². The zero-order valence-electron chi connectivity index (χ0n) is 28.5. The minimum absolute atomic E-state index is 0.146. The molecule has 6 aliphatic carbocycles. The summed E-state index contributed by atoms with van der Waals surface area (Å²) in [5.74, 6) is 3.02. The molecule has 0 bridgehead atoms. The number of hydrogen-bond donors (Lipinski definition) is 1. The molecule has 41 heavy (non-hydrogen) atoms. The van der Waals surface area contributed by atoms with Crippen LogP contribution in [0.1, 0.15) is 152 Å². The second-order valence-electron chi connectivity index (χ2n) is 17.3. The third-order valence-corrected chi connectivity index (χ3v) is 13.7. The zero-order chi connectivity index (χ0) is 29.8. The van der Waals surface area contributed by atoms with Gasteiger partial charge >= 0.3 is 0 Å². The monoisotopic (exact) mass is 560 g/mol. The SMILES string of the molecule is CC(C)C1=CC2=C(CC1)[C@@]1(C)CCCC(C)(C)C1CC2.CC(C)C1=CC2=C(CC1)[C@@]1(C)CCCC(C)(CO)C1CC2. The minimum Gasteiger partial charge on any atom is -0.396 e. The van der Waals surface area contributed by atoms with Gasteiger partial charge < -0.3 is 5.11 Å². The Morgan fingerprint density at radius 1 is 0.634 bits per heavy atom. The Balaban J connectivity index is 0.000000165. The Morgan fingerprint density at radius 3 is 1.59 bits per heavy atom. The van der Waals surface area contributed by atoms with Crippen LogP contribution in [0.4, 0.5) is 0 Å². The second kappa shape index (κ2) is 11.4. The Kier molecular flexibility index (Phi) is 8.75. The van der Waals surface area contributed by atoms with Crippen LogP contribution in [0, 0.1) is 45.3 Å². The molecule has 0 aliphatic heterocycles. The highest BCUT2D eigenvalue weighted by Gasteiger charge is 2.53. The maximum atomic E-state index is 9.99. The maximum Gasteiger partial charge on any atom is 0.0487 e. The van der Waals surface area contributed by atoms with E-state index in [0.29, 0.717) is 34.7 Å². The summed E-state index contributed by atoms with van der Waals surface area (Å²) in [7, 11) is 0. The average Bonchev–Trinajstić information content (AvgIpc) is 2.92. The van der Waals surface area contributed by atoms with Crippen molar-refractivity contribution >= 4 is 0 Å². The number of aliphatic hydroxyl groups excluding tert-OH is 1. The van der Waals surface area contributed by atoms with Crippen LogP contribution in [0.3, 0.4) is 0 Å². The van der Waals surface area contributed by atoms with Crippen molar-refractivity contribution in [1.82, 2.24) is 0 Å². The Bertz CT molecular complexity index is 1120. The van der Waals surface area contributed by atoms with Crippen LogP contribution in [-0.4, -0.2) is 11.7 Å². The summed E-state index contributed by atoms with van der Waals surface area (Å²) >= 11 is 0. The lowest BCUT2D eigenvalue weighted by Gasteiger charge is -2.56. The highest BCUT2D eigenvalue weighted by molar-refractivity contribution is 5.42. The van der Waals surface area contributed by atoms with Crippen molar-refractivity contribution in [2.24, 2.45) is 45.3 Å². The van der Waals surface area contributed by atoms with Gasteiger partial charge in [0.15, 0.2) is 0 Å². The third kappa shape index (κ3) is 5.53. The van der Waals surface area contributed by atoms with Crippen LogP contribution in [0.15, 0.2) is 45.6 Å². The van der Waals surface area contributed by atoms with Crippen LogP contribution in [0.25, 0.3) is 0 Å². The number of hydrogen-bond acceptors (Lipinski definition) is 1. The molecule has 0 radical (unpaired) electrons. The number of fused-ring (bicyclic) bond motifs is 4. The number of rotatable bonds is 3. The molecule has 6 aliphatic rings. The maximum absolute atomic E-state index is 9.99. The zero-order valence-corrected chi connectivity index (χ0v) is 28.5. The molecule has 6 rings (SSSR count). The van der Waals surface area contributed by atoms with Crippen LogP contribution >= 0.6 is 0 Å². The molecule has 0 aromatic heterocycles. The molecular weight excluding hydrogens is 496 g/mol. The molecule has 0 amide bonds. The van der Waals surface area contributed by atoms with E-state index in [4.69, 9.17) is 0 Å². The number of aliphatic hydroxyl groups is 1. The highest BCUT2D eigenvalue weighted by atomic mass is 16.3. The van der Waals surface area contributed by atoms with Crippen molar-refractivity contribution in [3.63, 3.8) is 0 Å². The van der Waals surface area contributed by atoms with Crippen molar-refractivity contribution < 1.29 is 5.11 Å². The molecule has 1 heteroatoms. The summed E-state index contributed by atoms with van der Waals surface area (Å²) in [6.45, 7) is 22.2. The molecule has 1 N–H and O–H groups in total. The minimum atomic E-state index is 0.146. The molecule has 0 saturated heterocycles. The van der Waals surface area contributed by atoms with Gasteiger partial charge in [0.1, 0.15) is 0 Å². The first kappa shape index (κ1) is 31.3. The Hall–Kier alpha value is -1.08. The topological polar surface area (TPSA) is 20.2 Å². The summed E-state index contributed by atoms with van der Waals surface area (Å²) in [5, 5.41) is 9.99. The van der Waals surface area contributed by atoms with Gasteiger partial charge in [-0.25, -0.2) is 0 Å². The van der Waals surface area contributed by atoms with Crippen LogP contribution in [0.2, 0.25) is 0 Å². The first-order chi connectivity index (χ1) is 19.2. The Morgan fingerprint density at radius 2 is 1.10 bits per heavy atom. The lowest BCUT2D eigenvalue weighted by Crippen LogP contribution is -2.48. The molecule has 0 aromatic rings. The van der Waals surface area contributed by atoms with Gasteiger partial charge in [0.2, 0.25) is 0 Å². The molecule has 0 aromatic carbocycles. The van der Waals surface area contributed by atoms with E-state index >= 15 is 0 Å². The molecule has 2 fully saturated rings. The van der Waals surface area contributed by atoms with E-state index in [1.165, 1.54) is 89.9 Å². The van der Waals surface area contributed by atoms with Crippen molar-refractivity contribution in [3.8, 4) is 0 Å². The summed E-state index contributed by atoms with van der Waals surface area (Å²) < 4.78 is 0. The molecular formula is C40H64O. The van der Waals surface area contributed by atoms with E-state index in [9.17, 15) is 5.11 Å². The van der Waals surface area contributed by atoms with E-state index in [2.05, 4.69) is 74.5 Å². The Labute approximate surface area is 254 Å².